The van der Waals surface area contributed by atoms with Gasteiger partial charge in [-0.3, -0.25) is 0 Å². The summed E-state index contributed by atoms with van der Waals surface area (Å²) in [6.07, 6.45) is 4.00. The number of anilines is 2. The Labute approximate surface area is 108 Å². The molecule has 0 unspecified atom stereocenters. The highest BCUT2D eigenvalue weighted by molar-refractivity contribution is 5.48. The molecule has 1 aromatic rings. The number of nitrogens with zero attached hydrogens (tertiary/aromatic N) is 3. The predicted molar refractivity (Wildman–Crippen MR) is 71.2 cm³/mol. The Balaban J connectivity index is 2.10. The number of hydrazine groups is 1. The summed E-state index contributed by atoms with van der Waals surface area (Å²) in [5.74, 6) is 8.37. The summed E-state index contributed by atoms with van der Waals surface area (Å²) in [6.45, 7) is 1.42. The zero-order valence-corrected chi connectivity index (χ0v) is 11.0. The largest absolute Gasteiger partial charge is 0.377 e. The molecule has 6 heteroatoms. The van der Waals surface area contributed by atoms with Crippen LogP contribution < -0.4 is 16.2 Å². The van der Waals surface area contributed by atoms with Gasteiger partial charge in [0.1, 0.15) is 18.2 Å². The van der Waals surface area contributed by atoms with Gasteiger partial charge in [0, 0.05) is 26.8 Å². The summed E-state index contributed by atoms with van der Waals surface area (Å²) < 4.78 is 5.06. The van der Waals surface area contributed by atoms with Crippen LogP contribution in [0.2, 0.25) is 0 Å². The van der Waals surface area contributed by atoms with Crippen molar-refractivity contribution in [2.45, 2.75) is 25.9 Å². The summed E-state index contributed by atoms with van der Waals surface area (Å²) >= 11 is 0. The first kappa shape index (κ1) is 13.0. The minimum atomic E-state index is 0.389. The van der Waals surface area contributed by atoms with E-state index in [1.165, 1.54) is 19.3 Å². The maximum Gasteiger partial charge on any atom is 0.158 e. The molecule has 2 rings (SSSR count). The Kier molecular flexibility index (Phi) is 4.33. The molecule has 0 atom stereocenters. The second-order valence-electron chi connectivity index (χ2n) is 4.78. The average molecular weight is 251 g/mol. The van der Waals surface area contributed by atoms with Crippen molar-refractivity contribution in [1.29, 1.82) is 0 Å². The van der Waals surface area contributed by atoms with Gasteiger partial charge in [0.15, 0.2) is 5.82 Å². The van der Waals surface area contributed by atoms with E-state index < -0.39 is 0 Å². The van der Waals surface area contributed by atoms with E-state index in [9.17, 15) is 0 Å². The zero-order valence-electron chi connectivity index (χ0n) is 11.0. The molecule has 1 aliphatic carbocycles. The molecule has 1 heterocycles. The number of hydrogen-bond acceptors (Lipinski definition) is 6. The standard InChI is InChI=1S/C12H21N5O/c1-17(7-9-4-3-5-9)12-6-10(16-13)14-11(15-12)8-18-2/h6,9H,3-5,7-8,13H2,1-2H3,(H,14,15,16). The van der Waals surface area contributed by atoms with E-state index in [0.717, 1.165) is 18.3 Å². The highest BCUT2D eigenvalue weighted by atomic mass is 16.5. The molecule has 0 radical (unpaired) electrons. The number of nitrogens with one attached hydrogen (secondary N) is 1. The molecule has 1 saturated carbocycles. The SMILES string of the molecule is COCc1nc(NN)cc(N(C)CC2CCC2)n1. The van der Waals surface area contributed by atoms with Gasteiger partial charge in [-0.1, -0.05) is 6.42 Å². The fourth-order valence-electron chi connectivity index (χ4n) is 2.10. The van der Waals surface area contributed by atoms with Crippen molar-refractivity contribution in [3.63, 3.8) is 0 Å². The Morgan fingerprint density at radius 3 is 2.83 bits per heavy atom. The lowest BCUT2D eigenvalue weighted by Gasteiger charge is -2.30. The van der Waals surface area contributed by atoms with Crippen molar-refractivity contribution in [3.8, 4) is 0 Å². The van der Waals surface area contributed by atoms with Crippen LogP contribution in [0.5, 0.6) is 0 Å². The molecule has 100 valence electrons. The van der Waals surface area contributed by atoms with Crippen molar-refractivity contribution in [2.75, 3.05) is 31.0 Å². The van der Waals surface area contributed by atoms with Crippen LogP contribution in [-0.4, -0.2) is 30.7 Å². The summed E-state index contributed by atoms with van der Waals surface area (Å²) in [5, 5.41) is 0. The fraction of sp³-hybridized carbons (Fsp3) is 0.667. The van der Waals surface area contributed by atoms with Crippen LogP contribution in [0, 0.1) is 5.92 Å². The number of ether oxygens (including phenoxy) is 1. The van der Waals surface area contributed by atoms with E-state index in [2.05, 4.69) is 27.3 Å². The Bertz CT molecular complexity index is 394. The number of rotatable bonds is 6. The summed E-state index contributed by atoms with van der Waals surface area (Å²) in [5.41, 5.74) is 2.57. The second-order valence-corrected chi connectivity index (χ2v) is 4.78. The highest BCUT2D eigenvalue weighted by Crippen LogP contribution is 2.28. The second kappa shape index (κ2) is 5.97. The van der Waals surface area contributed by atoms with Crippen LogP contribution in [-0.2, 0) is 11.3 Å². The third kappa shape index (κ3) is 3.08. The number of hydrogen-bond donors (Lipinski definition) is 2. The number of aromatic nitrogens is 2. The van der Waals surface area contributed by atoms with Crippen LogP contribution in [0.1, 0.15) is 25.1 Å². The van der Waals surface area contributed by atoms with Gasteiger partial charge in [-0.25, -0.2) is 15.8 Å². The van der Waals surface area contributed by atoms with Crippen LogP contribution >= 0.6 is 0 Å². The van der Waals surface area contributed by atoms with Crippen molar-refractivity contribution < 1.29 is 4.74 Å². The first-order chi connectivity index (χ1) is 8.72. The van der Waals surface area contributed by atoms with Gasteiger partial charge in [-0.15, -0.1) is 0 Å². The van der Waals surface area contributed by atoms with Crippen LogP contribution in [0.3, 0.4) is 0 Å². The van der Waals surface area contributed by atoms with Crippen LogP contribution in [0.4, 0.5) is 11.6 Å². The molecule has 3 N–H and O–H groups in total. The van der Waals surface area contributed by atoms with Crippen molar-refractivity contribution in [3.05, 3.63) is 11.9 Å². The molecule has 0 spiro atoms. The van der Waals surface area contributed by atoms with Gasteiger partial charge in [-0.2, -0.15) is 0 Å². The maximum atomic E-state index is 5.42. The predicted octanol–water partition coefficient (Wildman–Crippen LogP) is 1.14. The lowest BCUT2D eigenvalue weighted by atomic mass is 9.85. The molecular weight excluding hydrogens is 230 g/mol. The third-order valence-corrected chi connectivity index (χ3v) is 3.33. The van der Waals surface area contributed by atoms with Gasteiger partial charge < -0.3 is 15.1 Å². The molecular formula is C12H21N5O. The van der Waals surface area contributed by atoms with Crippen molar-refractivity contribution in [1.82, 2.24) is 9.97 Å². The fourth-order valence-corrected chi connectivity index (χ4v) is 2.10. The lowest BCUT2D eigenvalue weighted by Crippen LogP contribution is -2.30. The molecule has 6 nitrogen and oxygen atoms in total. The van der Waals surface area contributed by atoms with E-state index in [4.69, 9.17) is 10.6 Å². The first-order valence-corrected chi connectivity index (χ1v) is 6.27. The Morgan fingerprint density at radius 1 is 1.50 bits per heavy atom. The first-order valence-electron chi connectivity index (χ1n) is 6.27. The summed E-state index contributed by atoms with van der Waals surface area (Å²) in [4.78, 5) is 10.9. The van der Waals surface area contributed by atoms with Gasteiger partial charge >= 0.3 is 0 Å². The average Bonchev–Trinajstić information content (AvgIpc) is 2.33. The molecule has 1 aliphatic rings. The van der Waals surface area contributed by atoms with Crippen LogP contribution in [0.15, 0.2) is 6.07 Å². The molecule has 1 aromatic heterocycles. The van der Waals surface area contributed by atoms with Gasteiger partial charge in [-0.05, 0) is 18.8 Å². The summed E-state index contributed by atoms with van der Waals surface area (Å²) in [6, 6.07) is 1.86. The van der Waals surface area contributed by atoms with E-state index in [-0.39, 0.29) is 0 Å². The maximum absolute atomic E-state index is 5.42. The quantitative estimate of drug-likeness (QED) is 0.583. The Morgan fingerprint density at radius 2 is 2.28 bits per heavy atom. The minimum Gasteiger partial charge on any atom is -0.377 e. The highest BCUT2D eigenvalue weighted by Gasteiger charge is 2.20. The molecule has 0 aromatic carbocycles. The van der Waals surface area contributed by atoms with Crippen molar-refractivity contribution >= 4 is 11.6 Å². The zero-order chi connectivity index (χ0) is 13.0. The molecule has 0 amide bonds. The lowest BCUT2D eigenvalue weighted by molar-refractivity contribution is 0.178. The summed E-state index contributed by atoms with van der Waals surface area (Å²) in [7, 11) is 3.68. The molecule has 0 saturated heterocycles. The number of methoxy groups -OCH3 is 1. The van der Waals surface area contributed by atoms with E-state index in [1.54, 1.807) is 7.11 Å². The number of nitrogens with two attached hydrogens (primary N) is 1. The molecule has 0 bridgehead atoms. The van der Waals surface area contributed by atoms with E-state index in [0.29, 0.717) is 18.2 Å². The molecule has 0 aliphatic heterocycles. The van der Waals surface area contributed by atoms with Gasteiger partial charge in [0.2, 0.25) is 0 Å². The monoisotopic (exact) mass is 251 g/mol. The van der Waals surface area contributed by atoms with E-state index in [1.807, 2.05) is 6.07 Å². The van der Waals surface area contributed by atoms with Crippen molar-refractivity contribution in [2.24, 2.45) is 11.8 Å². The van der Waals surface area contributed by atoms with Gasteiger partial charge in [0.05, 0.1) is 0 Å². The van der Waals surface area contributed by atoms with Gasteiger partial charge in [0.25, 0.3) is 0 Å². The Hall–Kier alpha value is -1.40. The topological polar surface area (TPSA) is 76.3 Å². The normalized spacial score (nSPS) is 15.3. The minimum absolute atomic E-state index is 0.389. The molecule has 18 heavy (non-hydrogen) atoms. The third-order valence-electron chi connectivity index (χ3n) is 3.33. The molecule has 1 fully saturated rings. The van der Waals surface area contributed by atoms with Crippen LogP contribution in [0.25, 0.3) is 0 Å². The van der Waals surface area contributed by atoms with E-state index >= 15 is 0 Å². The number of nitrogen functional groups attached to an aromatic ring is 1. The smallest absolute Gasteiger partial charge is 0.158 e.